The summed E-state index contributed by atoms with van der Waals surface area (Å²) in [5.74, 6) is -0.326. The second-order valence-corrected chi connectivity index (χ2v) is 6.56. The third kappa shape index (κ3) is 2.82. The van der Waals surface area contributed by atoms with Crippen molar-refractivity contribution in [3.63, 3.8) is 0 Å². The van der Waals surface area contributed by atoms with E-state index in [9.17, 15) is 14.3 Å². The zero-order chi connectivity index (χ0) is 15.0. The second-order valence-electron chi connectivity index (χ2n) is 6.56. The number of amides is 1. The van der Waals surface area contributed by atoms with E-state index >= 15 is 0 Å². The molecule has 4 heteroatoms. The summed E-state index contributed by atoms with van der Waals surface area (Å²) in [7, 11) is 0. The Bertz CT molecular complexity index is 539. The van der Waals surface area contributed by atoms with Crippen LogP contribution >= 0.6 is 0 Å². The number of aryl methyl sites for hydroxylation is 1. The fourth-order valence-electron chi connectivity index (χ4n) is 3.80. The number of halogens is 1. The highest BCUT2D eigenvalue weighted by molar-refractivity contribution is 5.94. The van der Waals surface area contributed by atoms with Crippen molar-refractivity contribution in [1.82, 2.24) is 4.90 Å². The number of benzene rings is 1. The summed E-state index contributed by atoms with van der Waals surface area (Å²) in [6, 6.07) is 4.46. The standard InChI is InChI=1S/C17H22FNO2/c1-12-8-13(10-15(18)9-12)16(20)19-7-6-17(21)5-3-2-4-14(17)11-19/h8-10,14,21H,2-7,11H2,1H3. The van der Waals surface area contributed by atoms with Crippen molar-refractivity contribution < 1.29 is 14.3 Å². The normalized spacial score (nSPS) is 29.1. The molecule has 21 heavy (non-hydrogen) atoms. The Balaban J connectivity index is 1.77. The third-order valence-electron chi connectivity index (χ3n) is 5.00. The minimum atomic E-state index is -0.590. The van der Waals surface area contributed by atoms with E-state index in [2.05, 4.69) is 0 Å². The van der Waals surface area contributed by atoms with Crippen molar-refractivity contribution in [2.45, 2.75) is 44.6 Å². The second kappa shape index (κ2) is 5.41. The molecular formula is C17H22FNO2. The number of nitrogens with zero attached hydrogens (tertiary/aromatic N) is 1. The minimum Gasteiger partial charge on any atom is -0.389 e. The maximum absolute atomic E-state index is 13.5. The fourth-order valence-corrected chi connectivity index (χ4v) is 3.80. The molecule has 1 aromatic carbocycles. The molecule has 1 saturated carbocycles. The van der Waals surface area contributed by atoms with Gasteiger partial charge in [0, 0.05) is 24.6 Å². The first kappa shape index (κ1) is 14.5. The Morgan fingerprint density at radius 3 is 2.90 bits per heavy atom. The Labute approximate surface area is 124 Å². The third-order valence-corrected chi connectivity index (χ3v) is 5.00. The highest BCUT2D eigenvalue weighted by Gasteiger charge is 2.43. The molecule has 1 amide bonds. The maximum atomic E-state index is 13.5. The zero-order valence-corrected chi connectivity index (χ0v) is 12.4. The van der Waals surface area contributed by atoms with E-state index in [1.165, 1.54) is 12.1 Å². The van der Waals surface area contributed by atoms with Crippen molar-refractivity contribution in [2.75, 3.05) is 13.1 Å². The number of carbonyl (C=O) groups excluding carboxylic acids is 1. The molecule has 0 aromatic heterocycles. The van der Waals surface area contributed by atoms with Gasteiger partial charge in [0.2, 0.25) is 0 Å². The molecule has 1 aliphatic heterocycles. The molecule has 1 saturated heterocycles. The SMILES string of the molecule is Cc1cc(F)cc(C(=O)N2CCC3(O)CCCCC3C2)c1. The van der Waals surface area contributed by atoms with Crippen molar-refractivity contribution in [2.24, 2.45) is 5.92 Å². The van der Waals surface area contributed by atoms with Crippen LogP contribution in [0, 0.1) is 18.7 Å². The summed E-state index contributed by atoms with van der Waals surface area (Å²) in [6.45, 7) is 2.93. The number of piperidine rings is 1. The van der Waals surface area contributed by atoms with E-state index in [0.717, 1.165) is 31.2 Å². The molecule has 2 unspecified atom stereocenters. The van der Waals surface area contributed by atoms with Crippen LogP contribution in [0.4, 0.5) is 4.39 Å². The van der Waals surface area contributed by atoms with Gasteiger partial charge in [-0.15, -0.1) is 0 Å². The summed E-state index contributed by atoms with van der Waals surface area (Å²) in [6.07, 6.45) is 4.65. The number of rotatable bonds is 1. The lowest BCUT2D eigenvalue weighted by molar-refractivity contribution is -0.0886. The van der Waals surface area contributed by atoms with Crippen LogP contribution in [0.5, 0.6) is 0 Å². The van der Waals surface area contributed by atoms with Gasteiger partial charge in [-0.3, -0.25) is 4.79 Å². The topological polar surface area (TPSA) is 40.5 Å². The largest absolute Gasteiger partial charge is 0.389 e. The zero-order valence-electron chi connectivity index (χ0n) is 12.4. The summed E-state index contributed by atoms with van der Waals surface area (Å²) < 4.78 is 13.5. The molecule has 1 heterocycles. The van der Waals surface area contributed by atoms with Gasteiger partial charge < -0.3 is 10.0 Å². The minimum absolute atomic E-state index is 0.120. The summed E-state index contributed by atoms with van der Waals surface area (Å²) in [5, 5.41) is 10.7. The van der Waals surface area contributed by atoms with Gasteiger partial charge in [-0.2, -0.15) is 0 Å². The summed E-state index contributed by atoms with van der Waals surface area (Å²) in [4.78, 5) is 14.3. The Morgan fingerprint density at radius 2 is 2.14 bits per heavy atom. The van der Waals surface area contributed by atoms with Crippen molar-refractivity contribution in [3.8, 4) is 0 Å². The van der Waals surface area contributed by atoms with E-state index < -0.39 is 5.60 Å². The molecule has 0 spiro atoms. The number of aliphatic hydroxyl groups is 1. The number of hydrogen-bond acceptors (Lipinski definition) is 2. The van der Waals surface area contributed by atoms with E-state index in [0.29, 0.717) is 25.1 Å². The van der Waals surface area contributed by atoms with Gasteiger partial charge in [-0.1, -0.05) is 12.8 Å². The summed E-state index contributed by atoms with van der Waals surface area (Å²) in [5.41, 5.74) is 0.575. The Morgan fingerprint density at radius 1 is 1.33 bits per heavy atom. The lowest BCUT2D eigenvalue weighted by Gasteiger charge is -2.47. The number of fused-ring (bicyclic) bond motifs is 1. The molecule has 1 aliphatic carbocycles. The van der Waals surface area contributed by atoms with Gasteiger partial charge in [-0.05, 0) is 49.9 Å². The lowest BCUT2D eigenvalue weighted by Crippen LogP contribution is -2.54. The average Bonchev–Trinajstić information content (AvgIpc) is 2.44. The first-order valence-electron chi connectivity index (χ1n) is 7.77. The quantitative estimate of drug-likeness (QED) is 0.864. The monoisotopic (exact) mass is 291 g/mol. The van der Waals surface area contributed by atoms with Crippen LogP contribution < -0.4 is 0 Å². The van der Waals surface area contributed by atoms with E-state index in [-0.39, 0.29) is 17.6 Å². The van der Waals surface area contributed by atoms with Crippen LogP contribution in [0.3, 0.4) is 0 Å². The molecule has 2 fully saturated rings. The van der Waals surface area contributed by atoms with Gasteiger partial charge in [0.25, 0.3) is 5.91 Å². The fraction of sp³-hybridized carbons (Fsp3) is 0.588. The van der Waals surface area contributed by atoms with Gasteiger partial charge in [0.05, 0.1) is 5.60 Å². The van der Waals surface area contributed by atoms with Crippen LogP contribution in [-0.2, 0) is 0 Å². The lowest BCUT2D eigenvalue weighted by atomic mass is 9.71. The van der Waals surface area contributed by atoms with Gasteiger partial charge >= 0.3 is 0 Å². The highest BCUT2D eigenvalue weighted by Crippen LogP contribution is 2.40. The van der Waals surface area contributed by atoms with Crippen molar-refractivity contribution in [3.05, 3.63) is 35.1 Å². The molecule has 1 N–H and O–H groups in total. The van der Waals surface area contributed by atoms with Crippen LogP contribution in [0.25, 0.3) is 0 Å². The molecule has 3 nitrogen and oxygen atoms in total. The first-order chi connectivity index (χ1) is 9.98. The average molecular weight is 291 g/mol. The van der Waals surface area contributed by atoms with Crippen LogP contribution in [0.15, 0.2) is 18.2 Å². The Kier molecular flexibility index (Phi) is 3.74. The first-order valence-corrected chi connectivity index (χ1v) is 7.77. The van der Waals surface area contributed by atoms with Crippen molar-refractivity contribution >= 4 is 5.91 Å². The smallest absolute Gasteiger partial charge is 0.253 e. The summed E-state index contributed by atoms with van der Waals surface area (Å²) >= 11 is 0. The molecule has 2 aliphatic rings. The van der Waals surface area contributed by atoms with E-state index in [1.54, 1.807) is 17.9 Å². The van der Waals surface area contributed by atoms with Crippen LogP contribution in [0.2, 0.25) is 0 Å². The van der Waals surface area contributed by atoms with E-state index in [4.69, 9.17) is 0 Å². The van der Waals surface area contributed by atoms with Gasteiger partial charge in [0.1, 0.15) is 5.82 Å². The van der Waals surface area contributed by atoms with Gasteiger partial charge in [-0.25, -0.2) is 4.39 Å². The molecular weight excluding hydrogens is 269 g/mol. The molecule has 3 rings (SSSR count). The molecule has 2 atom stereocenters. The molecule has 114 valence electrons. The molecule has 1 aromatic rings. The predicted octanol–water partition coefficient (Wildman–Crippen LogP) is 2.90. The molecule has 0 radical (unpaired) electrons. The number of likely N-dealkylation sites (tertiary alicyclic amines) is 1. The van der Waals surface area contributed by atoms with Crippen LogP contribution in [0.1, 0.15) is 48.0 Å². The van der Waals surface area contributed by atoms with E-state index in [1.807, 2.05) is 0 Å². The predicted molar refractivity (Wildman–Crippen MR) is 78.6 cm³/mol. The van der Waals surface area contributed by atoms with Crippen LogP contribution in [-0.4, -0.2) is 34.6 Å². The number of hydrogen-bond donors (Lipinski definition) is 1. The number of carbonyl (C=O) groups is 1. The van der Waals surface area contributed by atoms with Gasteiger partial charge in [0.15, 0.2) is 0 Å². The highest BCUT2D eigenvalue weighted by atomic mass is 19.1. The molecule has 0 bridgehead atoms. The van der Waals surface area contributed by atoms with Crippen molar-refractivity contribution in [1.29, 1.82) is 0 Å². The maximum Gasteiger partial charge on any atom is 0.253 e. The Hall–Kier alpha value is -1.42.